The molecule has 46 heavy (non-hydrogen) atoms. The number of allylic oxidation sites excluding steroid dienone is 2. The van der Waals surface area contributed by atoms with Gasteiger partial charge in [0.05, 0.1) is 23.5 Å². The molecule has 0 aliphatic carbocycles. The minimum Gasteiger partial charge on any atom is -0.466 e. The molecule has 2 aliphatic heterocycles. The van der Waals surface area contributed by atoms with Gasteiger partial charge in [0.1, 0.15) is 0 Å². The van der Waals surface area contributed by atoms with Crippen LogP contribution in [0.25, 0.3) is 0 Å². The van der Waals surface area contributed by atoms with Gasteiger partial charge < -0.3 is 20.3 Å². The van der Waals surface area contributed by atoms with Gasteiger partial charge in [0.2, 0.25) is 5.91 Å². The highest BCUT2D eigenvalue weighted by Gasteiger charge is 2.37. The molecule has 1 amide bonds. The van der Waals surface area contributed by atoms with E-state index in [1.807, 2.05) is 0 Å². The number of piperidine rings is 1. The van der Waals surface area contributed by atoms with E-state index in [0.29, 0.717) is 46.5 Å². The zero-order valence-corrected chi connectivity index (χ0v) is 26.7. The molecule has 3 aromatic carbocycles. The fourth-order valence-corrected chi connectivity index (χ4v) is 6.96. The van der Waals surface area contributed by atoms with Crippen LogP contribution >= 0.6 is 0 Å². The van der Waals surface area contributed by atoms with Crippen LogP contribution in [0.4, 0.5) is 5.69 Å². The van der Waals surface area contributed by atoms with Gasteiger partial charge in [-0.3, -0.25) is 14.9 Å². The van der Waals surface area contributed by atoms with E-state index in [-0.39, 0.29) is 11.6 Å². The van der Waals surface area contributed by atoms with Crippen molar-refractivity contribution in [3.8, 4) is 0 Å². The number of nitrogens with one attached hydrogen (secondary N) is 2. The molecule has 1 fully saturated rings. The Morgan fingerprint density at radius 1 is 0.913 bits per heavy atom. The van der Waals surface area contributed by atoms with Gasteiger partial charge in [-0.2, -0.15) is 0 Å². The summed E-state index contributed by atoms with van der Waals surface area (Å²) in [6.45, 7) is 6.94. The summed E-state index contributed by atoms with van der Waals surface area (Å²) in [5.41, 5.74) is 5.17. The number of benzene rings is 3. The van der Waals surface area contributed by atoms with Crippen LogP contribution in [-0.4, -0.2) is 55.0 Å². The van der Waals surface area contributed by atoms with Crippen molar-refractivity contribution in [2.45, 2.75) is 44.9 Å². The summed E-state index contributed by atoms with van der Waals surface area (Å²) in [5, 5.41) is 17.5. The van der Waals surface area contributed by atoms with Crippen LogP contribution in [0.1, 0.15) is 61.6 Å². The average molecular weight is 623 g/mol. The Kier molecular flexibility index (Phi) is 10.6. The van der Waals surface area contributed by atoms with Gasteiger partial charge in [-0.25, -0.2) is 4.79 Å². The molecule has 0 bridgehead atoms. The maximum atomic E-state index is 13.7. The highest BCUT2D eigenvalue weighted by atomic mass is 16.6. The number of nitro groups is 1. The van der Waals surface area contributed by atoms with E-state index in [1.165, 1.54) is 30.4 Å². The van der Waals surface area contributed by atoms with Crippen LogP contribution in [0.15, 0.2) is 107 Å². The quantitative estimate of drug-likeness (QED) is 0.116. The zero-order valence-electron chi connectivity index (χ0n) is 26.7. The number of non-ortho nitro benzene ring substituents is 1. The van der Waals surface area contributed by atoms with Crippen LogP contribution in [0.5, 0.6) is 0 Å². The predicted molar refractivity (Wildman–Crippen MR) is 178 cm³/mol. The number of carbonyl (C=O) groups is 2. The number of rotatable bonds is 11. The van der Waals surface area contributed by atoms with E-state index in [2.05, 4.69) is 76.2 Å². The molecule has 9 nitrogen and oxygen atoms in total. The lowest BCUT2D eigenvalue weighted by Gasteiger charge is -2.36. The number of methoxy groups -OCH3 is 1. The van der Waals surface area contributed by atoms with Crippen LogP contribution in [0.3, 0.4) is 0 Å². The van der Waals surface area contributed by atoms with E-state index in [1.54, 1.807) is 26.0 Å². The smallest absolute Gasteiger partial charge is 0.336 e. The van der Waals surface area contributed by atoms with Crippen LogP contribution in [-0.2, 0) is 14.3 Å². The van der Waals surface area contributed by atoms with Crippen molar-refractivity contribution in [2.75, 3.05) is 33.3 Å². The first-order valence-electron chi connectivity index (χ1n) is 15.9. The van der Waals surface area contributed by atoms with Gasteiger partial charge in [-0.05, 0) is 75.4 Å². The lowest BCUT2D eigenvalue weighted by atomic mass is 9.76. The Bertz CT molecular complexity index is 1550. The lowest BCUT2D eigenvalue weighted by Crippen LogP contribution is -2.39. The van der Waals surface area contributed by atoms with Gasteiger partial charge in [0, 0.05) is 41.6 Å². The van der Waals surface area contributed by atoms with Crippen molar-refractivity contribution >= 4 is 17.6 Å². The molecule has 5 rings (SSSR count). The molecule has 1 atom stereocenters. The minimum atomic E-state index is -0.726. The summed E-state index contributed by atoms with van der Waals surface area (Å²) in [6, 6.07) is 27.5. The molecule has 0 spiro atoms. The summed E-state index contributed by atoms with van der Waals surface area (Å²) in [4.78, 5) is 39.8. The Morgan fingerprint density at radius 2 is 1.48 bits per heavy atom. The van der Waals surface area contributed by atoms with Crippen molar-refractivity contribution in [2.24, 2.45) is 5.92 Å². The summed E-state index contributed by atoms with van der Waals surface area (Å²) in [7, 11) is 1.30. The molecular weight excluding hydrogens is 580 g/mol. The number of amides is 1. The number of ether oxygens (including phenoxy) is 1. The topological polar surface area (TPSA) is 114 Å². The molecule has 2 heterocycles. The molecule has 3 aromatic rings. The summed E-state index contributed by atoms with van der Waals surface area (Å²) in [5.74, 6) is -0.631. The Hall–Kier alpha value is -4.76. The molecule has 1 saturated heterocycles. The fourth-order valence-electron chi connectivity index (χ4n) is 6.96. The lowest BCUT2D eigenvalue weighted by molar-refractivity contribution is -0.384. The average Bonchev–Trinajstić information content (AvgIpc) is 3.07. The number of likely N-dealkylation sites (tertiary alicyclic amines) is 1. The number of dihydropyridines is 1. The molecule has 9 heteroatoms. The zero-order chi connectivity index (χ0) is 32.6. The number of hydrogen-bond acceptors (Lipinski definition) is 7. The minimum absolute atomic E-state index is 0.0654. The van der Waals surface area contributed by atoms with E-state index in [0.717, 1.165) is 38.9 Å². The first kappa shape index (κ1) is 32.6. The fraction of sp³-hybridized carbons (Fsp3) is 0.351. The van der Waals surface area contributed by atoms with Gasteiger partial charge in [0.15, 0.2) is 0 Å². The van der Waals surface area contributed by atoms with E-state index in [4.69, 9.17) is 4.74 Å². The van der Waals surface area contributed by atoms with Crippen molar-refractivity contribution in [3.63, 3.8) is 0 Å². The van der Waals surface area contributed by atoms with Crippen LogP contribution < -0.4 is 10.6 Å². The second-order valence-corrected chi connectivity index (χ2v) is 12.1. The molecule has 2 N–H and O–H groups in total. The first-order chi connectivity index (χ1) is 22.3. The molecule has 0 radical (unpaired) electrons. The van der Waals surface area contributed by atoms with Gasteiger partial charge in [-0.15, -0.1) is 0 Å². The standard InChI is InChI=1S/C37H42N4O5/c1-25-32(35(33(26(2)39-25)37(43)46-3)29-15-17-31(18-16-29)41(44)45)36(42)38-21-10-22-40-23-19-30(20-24-40)34(27-11-6-4-7-12-27)28-13-8-5-9-14-28/h4-9,11-18,30,34-35,39H,10,19-24H2,1-3H3,(H,38,42)/t35-/m0/s1. The number of carbonyl (C=O) groups excluding carboxylic acids is 2. The third kappa shape index (κ3) is 7.37. The van der Waals surface area contributed by atoms with E-state index in [9.17, 15) is 19.7 Å². The number of hydrogen-bond donors (Lipinski definition) is 2. The third-order valence-corrected chi connectivity index (χ3v) is 9.21. The monoisotopic (exact) mass is 622 g/mol. The molecular formula is C37H42N4O5. The highest BCUT2D eigenvalue weighted by molar-refractivity contribution is 6.02. The number of nitrogens with zero attached hydrogens (tertiary/aromatic N) is 2. The molecule has 0 aromatic heterocycles. The predicted octanol–water partition coefficient (Wildman–Crippen LogP) is 6.05. The maximum Gasteiger partial charge on any atom is 0.336 e. The van der Waals surface area contributed by atoms with Crippen molar-refractivity contribution in [1.29, 1.82) is 0 Å². The Labute approximate surface area is 270 Å². The largest absolute Gasteiger partial charge is 0.466 e. The highest BCUT2D eigenvalue weighted by Crippen LogP contribution is 2.40. The van der Waals surface area contributed by atoms with Crippen LogP contribution in [0, 0.1) is 16.0 Å². The summed E-state index contributed by atoms with van der Waals surface area (Å²) in [6.07, 6.45) is 3.01. The van der Waals surface area contributed by atoms with E-state index >= 15 is 0 Å². The third-order valence-electron chi connectivity index (χ3n) is 9.21. The van der Waals surface area contributed by atoms with E-state index < -0.39 is 16.8 Å². The van der Waals surface area contributed by atoms with Crippen molar-refractivity contribution < 1.29 is 19.2 Å². The van der Waals surface area contributed by atoms with Gasteiger partial charge in [-0.1, -0.05) is 72.8 Å². The van der Waals surface area contributed by atoms with Gasteiger partial charge in [0.25, 0.3) is 5.69 Å². The normalized spacial score (nSPS) is 17.5. The Balaban J connectivity index is 1.20. The maximum absolute atomic E-state index is 13.7. The molecule has 240 valence electrons. The number of nitro benzene ring substituents is 1. The number of esters is 1. The van der Waals surface area contributed by atoms with Crippen molar-refractivity contribution in [3.05, 3.63) is 134 Å². The molecule has 2 aliphatic rings. The SMILES string of the molecule is COC(=O)C1=C(C)NC(C)=C(C(=O)NCCCN2CCC(C(c3ccccc3)c3ccccc3)CC2)[C@@H]1c1ccc([N+](=O)[O-])cc1. The molecule has 0 unspecified atom stereocenters. The van der Waals surface area contributed by atoms with Crippen LogP contribution in [0.2, 0.25) is 0 Å². The summed E-state index contributed by atoms with van der Waals surface area (Å²) >= 11 is 0. The molecule has 0 saturated carbocycles. The summed E-state index contributed by atoms with van der Waals surface area (Å²) < 4.78 is 5.07. The second-order valence-electron chi connectivity index (χ2n) is 12.1. The van der Waals surface area contributed by atoms with Crippen molar-refractivity contribution in [1.82, 2.24) is 15.5 Å². The second kappa shape index (κ2) is 15.0. The first-order valence-corrected chi connectivity index (χ1v) is 15.9. The Morgan fingerprint density at radius 3 is 2.02 bits per heavy atom. The van der Waals surface area contributed by atoms with Gasteiger partial charge >= 0.3 is 5.97 Å².